The molecule has 0 aliphatic carbocycles. The fourth-order valence-corrected chi connectivity index (χ4v) is 2.34. The van der Waals surface area contributed by atoms with Crippen molar-refractivity contribution in [2.75, 3.05) is 11.4 Å². The highest BCUT2D eigenvalue weighted by molar-refractivity contribution is 7.80. The first-order chi connectivity index (χ1) is 7.72. The number of unbranched alkanes of at least 4 members (excludes halogenated alkanes) is 1. The summed E-state index contributed by atoms with van der Waals surface area (Å²) in [6.45, 7) is 2.99. The second kappa shape index (κ2) is 4.91. The minimum Gasteiger partial charge on any atom is -0.312 e. The predicted molar refractivity (Wildman–Crippen MR) is 69.3 cm³/mol. The Bertz CT molecular complexity index is 403. The Kier molecular flexibility index (Phi) is 3.54. The van der Waals surface area contributed by atoms with E-state index in [9.17, 15) is 4.79 Å². The van der Waals surface area contributed by atoms with E-state index in [-0.39, 0.29) is 5.91 Å². The van der Waals surface area contributed by atoms with Crippen molar-refractivity contribution in [2.24, 2.45) is 0 Å². The van der Waals surface area contributed by atoms with Crippen LogP contribution in [0.25, 0.3) is 0 Å². The number of hydrogen-bond acceptors (Lipinski definition) is 2. The largest absolute Gasteiger partial charge is 0.312 e. The van der Waals surface area contributed by atoms with Crippen LogP contribution in [0.5, 0.6) is 0 Å². The maximum atomic E-state index is 11.9. The molecule has 0 atom stereocenters. The average molecular weight is 235 g/mol. The van der Waals surface area contributed by atoms with Crippen LogP contribution in [0.15, 0.2) is 23.1 Å². The molecule has 0 spiro atoms. The third-order valence-corrected chi connectivity index (χ3v) is 3.28. The summed E-state index contributed by atoms with van der Waals surface area (Å²) < 4.78 is 0. The zero-order valence-corrected chi connectivity index (χ0v) is 10.5. The number of fused-ring (bicyclic) bond motifs is 1. The van der Waals surface area contributed by atoms with Gasteiger partial charge in [0.2, 0.25) is 5.91 Å². The van der Waals surface area contributed by atoms with Gasteiger partial charge in [-0.2, -0.15) is 0 Å². The second-order valence-corrected chi connectivity index (χ2v) is 4.73. The number of thiol groups is 1. The van der Waals surface area contributed by atoms with Gasteiger partial charge in [-0.1, -0.05) is 13.3 Å². The highest BCUT2D eigenvalue weighted by atomic mass is 32.1. The van der Waals surface area contributed by atoms with Crippen LogP contribution >= 0.6 is 12.6 Å². The number of amides is 1. The molecule has 1 aliphatic rings. The van der Waals surface area contributed by atoms with Crippen LogP contribution in [0.3, 0.4) is 0 Å². The summed E-state index contributed by atoms with van der Waals surface area (Å²) in [7, 11) is 0. The molecule has 16 heavy (non-hydrogen) atoms. The topological polar surface area (TPSA) is 20.3 Å². The molecule has 1 heterocycles. The minimum absolute atomic E-state index is 0.257. The molecule has 1 aromatic rings. The average Bonchev–Trinajstić information content (AvgIpc) is 2.28. The van der Waals surface area contributed by atoms with Gasteiger partial charge < -0.3 is 4.90 Å². The van der Waals surface area contributed by atoms with E-state index in [2.05, 4.69) is 25.6 Å². The highest BCUT2D eigenvalue weighted by Gasteiger charge is 2.23. The SMILES string of the molecule is CCCCN1C(=O)CCc2cc(S)ccc21. The van der Waals surface area contributed by atoms with E-state index in [1.165, 1.54) is 5.56 Å². The Morgan fingerprint density at radius 2 is 2.19 bits per heavy atom. The van der Waals surface area contributed by atoms with Crippen LogP contribution in [0.2, 0.25) is 0 Å². The van der Waals surface area contributed by atoms with Gasteiger partial charge in [0.15, 0.2) is 0 Å². The van der Waals surface area contributed by atoms with Crippen LogP contribution < -0.4 is 4.90 Å². The van der Waals surface area contributed by atoms with E-state index in [0.717, 1.165) is 36.4 Å². The Morgan fingerprint density at radius 3 is 2.94 bits per heavy atom. The van der Waals surface area contributed by atoms with Crippen LogP contribution in [-0.4, -0.2) is 12.5 Å². The first kappa shape index (κ1) is 11.5. The molecule has 1 aromatic carbocycles. The number of nitrogens with zero attached hydrogens (tertiary/aromatic N) is 1. The molecule has 0 unspecified atom stereocenters. The quantitative estimate of drug-likeness (QED) is 0.798. The maximum absolute atomic E-state index is 11.9. The molecule has 2 rings (SSSR count). The van der Waals surface area contributed by atoms with Crippen molar-refractivity contribution in [1.29, 1.82) is 0 Å². The van der Waals surface area contributed by atoms with Crippen molar-refractivity contribution in [3.63, 3.8) is 0 Å². The van der Waals surface area contributed by atoms with E-state index in [4.69, 9.17) is 0 Å². The van der Waals surface area contributed by atoms with Gasteiger partial charge in [-0.15, -0.1) is 12.6 Å². The molecule has 0 aromatic heterocycles. The number of benzene rings is 1. The molecule has 86 valence electrons. The van der Waals surface area contributed by atoms with E-state index < -0.39 is 0 Å². The van der Waals surface area contributed by atoms with Gasteiger partial charge in [-0.25, -0.2) is 0 Å². The van der Waals surface area contributed by atoms with Crippen molar-refractivity contribution >= 4 is 24.2 Å². The molecule has 0 saturated heterocycles. The van der Waals surface area contributed by atoms with Crippen molar-refractivity contribution in [1.82, 2.24) is 0 Å². The fourth-order valence-electron chi connectivity index (χ4n) is 2.11. The number of aryl methyl sites for hydroxylation is 1. The lowest BCUT2D eigenvalue weighted by Gasteiger charge is -2.29. The molecule has 2 nitrogen and oxygen atoms in total. The van der Waals surface area contributed by atoms with Crippen molar-refractivity contribution < 1.29 is 4.79 Å². The summed E-state index contributed by atoms with van der Waals surface area (Å²) >= 11 is 4.34. The highest BCUT2D eigenvalue weighted by Crippen LogP contribution is 2.29. The third-order valence-electron chi connectivity index (χ3n) is 3.00. The lowest BCUT2D eigenvalue weighted by atomic mass is 10.0. The Balaban J connectivity index is 2.29. The third kappa shape index (κ3) is 2.24. The molecular formula is C13H17NOS. The van der Waals surface area contributed by atoms with Gasteiger partial charge in [0.1, 0.15) is 0 Å². The molecular weight excluding hydrogens is 218 g/mol. The van der Waals surface area contributed by atoms with Gasteiger partial charge in [-0.3, -0.25) is 4.79 Å². The van der Waals surface area contributed by atoms with Crippen LogP contribution in [0.4, 0.5) is 5.69 Å². The molecule has 3 heteroatoms. The zero-order chi connectivity index (χ0) is 11.5. The molecule has 0 N–H and O–H groups in total. The minimum atomic E-state index is 0.257. The van der Waals surface area contributed by atoms with Gasteiger partial charge in [0, 0.05) is 23.5 Å². The van der Waals surface area contributed by atoms with E-state index in [1.807, 2.05) is 17.0 Å². The summed E-state index contributed by atoms with van der Waals surface area (Å²) in [5.41, 5.74) is 2.34. The van der Waals surface area contributed by atoms with Gasteiger partial charge in [0.25, 0.3) is 0 Å². The van der Waals surface area contributed by atoms with Gasteiger partial charge >= 0.3 is 0 Å². The van der Waals surface area contributed by atoms with E-state index in [1.54, 1.807) is 0 Å². The molecule has 0 fully saturated rings. The maximum Gasteiger partial charge on any atom is 0.227 e. The van der Waals surface area contributed by atoms with E-state index in [0.29, 0.717) is 6.42 Å². The summed E-state index contributed by atoms with van der Waals surface area (Å²) in [5.74, 6) is 0.257. The number of carbonyl (C=O) groups excluding carboxylic acids is 1. The number of anilines is 1. The summed E-state index contributed by atoms with van der Waals surface area (Å²) in [4.78, 5) is 14.8. The van der Waals surface area contributed by atoms with Gasteiger partial charge in [0.05, 0.1) is 0 Å². The molecule has 0 radical (unpaired) electrons. The van der Waals surface area contributed by atoms with Crippen LogP contribution in [0, 0.1) is 0 Å². The van der Waals surface area contributed by atoms with Gasteiger partial charge in [-0.05, 0) is 36.6 Å². The molecule has 1 aliphatic heterocycles. The second-order valence-electron chi connectivity index (χ2n) is 4.21. The number of carbonyl (C=O) groups is 1. The first-order valence-electron chi connectivity index (χ1n) is 5.84. The lowest BCUT2D eigenvalue weighted by Crippen LogP contribution is -2.35. The Morgan fingerprint density at radius 1 is 1.38 bits per heavy atom. The number of hydrogen-bond donors (Lipinski definition) is 1. The van der Waals surface area contributed by atoms with Crippen LogP contribution in [0.1, 0.15) is 31.7 Å². The number of rotatable bonds is 3. The predicted octanol–water partition coefficient (Wildman–Crippen LogP) is 3.05. The normalized spacial score (nSPS) is 15.1. The lowest BCUT2D eigenvalue weighted by molar-refractivity contribution is -0.118. The fraction of sp³-hybridized carbons (Fsp3) is 0.462. The van der Waals surface area contributed by atoms with Crippen LogP contribution in [-0.2, 0) is 11.2 Å². The molecule has 0 bridgehead atoms. The Labute approximate surface area is 102 Å². The molecule has 0 saturated carbocycles. The summed E-state index contributed by atoms with van der Waals surface area (Å²) in [6.07, 6.45) is 3.66. The smallest absolute Gasteiger partial charge is 0.227 e. The monoisotopic (exact) mass is 235 g/mol. The Hall–Kier alpha value is -0.960. The van der Waals surface area contributed by atoms with E-state index >= 15 is 0 Å². The standard InChI is InChI=1S/C13H17NOS/c1-2-3-8-14-12-6-5-11(16)9-10(12)4-7-13(14)15/h5-6,9,16H,2-4,7-8H2,1H3. The summed E-state index contributed by atoms with van der Waals surface area (Å²) in [5, 5.41) is 0. The zero-order valence-electron chi connectivity index (χ0n) is 9.57. The van der Waals surface area contributed by atoms with Crippen molar-refractivity contribution in [2.45, 2.75) is 37.5 Å². The van der Waals surface area contributed by atoms with Crippen molar-refractivity contribution in [3.05, 3.63) is 23.8 Å². The van der Waals surface area contributed by atoms with Crippen molar-refractivity contribution in [3.8, 4) is 0 Å². The summed E-state index contributed by atoms with van der Waals surface area (Å²) in [6, 6.07) is 6.05. The first-order valence-corrected chi connectivity index (χ1v) is 6.29. The molecule has 1 amide bonds.